The molecule has 0 bridgehead atoms. The maximum Gasteiger partial charge on any atom is 0.483 e. The lowest BCUT2D eigenvalue weighted by atomic mass is 9.96. The fourth-order valence-corrected chi connectivity index (χ4v) is 1.55. The van der Waals surface area contributed by atoms with Crippen molar-refractivity contribution in [3.05, 3.63) is 0 Å². The zero-order valence-electron chi connectivity index (χ0n) is 11.6. The first-order valence-corrected chi connectivity index (χ1v) is 7.14. The second-order valence-electron chi connectivity index (χ2n) is 3.59. The van der Waals surface area contributed by atoms with Crippen molar-refractivity contribution in [3.63, 3.8) is 0 Å². The van der Waals surface area contributed by atoms with E-state index in [-0.39, 0.29) is 6.61 Å². The predicted molar refractivity (Wildman–Crippen MR) is 70.9 cm³/mol. The molecule has 0 aromatic heterocycles. The van der Waals surface area contributed by atoms with Crippen molar-refractivity contribution in [2.45, 2.75) is 19.9 Å². The van der Waals surface area contributed by atoms with E-state index in [1.165, 1.54) is 0 Å². The largest absolute Gasteiger partial charge is 0.483 e. The van der Waals surface area contributed by atoms with E-state index in [9.17, 15) is 0 Å². The summed E-state index contributed by atoms with van der Waals surface area (Å²) in [7, 11) is 3.05. The number of nitrogens with two attached hydrogens (primary N) is 1. The molecule has 1 atom stereocenters. The molecule has 106 valence electrons. The van der Waals surface area contributed by atoms with E-state index < -0.39 is 9.53 Å². The number of aliphatic hydroxyl groups is 1. The van der Waals surface area contributed by atoms with Crippen LogP contribution in [0.5, 0.6) is 0 Å². The molecule has 0 aromatic carbocycles. The zero-order valence-corrected chi connectivity index (χ0v) is 12.8. The molecule has 0 aromatic rings. The van der Waals surface area contributed by atoms with Crippen molar-refractivity contribution in [1.29, 1.82) is 0 Å². The van der Waals surface area contributed by atoms with Crippen LogP contribution in [0.3, 0.4) is 0 Å². The standard InChI is InChI=1S/C5H12N2.C3H10O3Si.C2H6O/c1-4(6)5-2-7-3-5;1-4-7(5-2)6-3;1-2-3/h4-5,7H,2-3,6H2,1H3;7H,1-3H3;3H,2H2,1H3. The Morgan fingerprint density at radius 2 is 1.65 bits per heavy atom. The summed E-state index contributed by atoms with van der Waals surface area (Å²) >= 11 is 0. The Bertz CT molecular complexity index is 136. The quantitative estimate of drug-likeness (QED) is 0.579. The first-order chi connectivity index (χ1) is 8.06. The summed E-state index contributed by atoms with van der Waals surface area (Å²) in [5.74, 6) is 0.750. The molecule has 1 heterocycles. The Balaban J connectivity index is 0. The Labute approximate surface area is 106 Å². The van der Waals surface area contributed by atoms with E-state index in [4.69, 9.17) is 24.1 Å². The molecule has 1 aliphatic heterocycles. The van der Waals surface area contributed by atoms with Crippen LogP contribution in [0.25, 0.3) is 0 Å². The molecule has 0 spiro atoms. The van der Waals surface area contributed by atoms with Crippen molar-refractivity contribution < 1.29 is 18.4 Å². The van der Waals surface area contributed by atoms with Gasteiger partial charge in [-0.05, 0) is 19.8 Å². The summed E-state index contributed by atoms with van der Waals surface area (Å²) < 4.78 is 14.2. The summed E-state index contributed by atoms with van der Waals surface area (Å²) in [6.45, 7) is 6.24. The van der Waals surface area contributed by atoms with Gasteiger partial charge in [0.1, 0.15) is 0 Å². The van der Waals surface area contributed by atoms with E-state index in [0.29, 0.717) is 6.04 Å². The highest BCUT2D eigenvalue weighted by molar-refractivity contribution is 6.36. The minimum atomic E-state index is -1.67. The van der Waals surface area contributed by atoms with Gasteiger partial charge in [0.2, 0.25) is 0 Å². The van der Waals surface area contributed by atoms with Gasteiger partial charge in [0, 0.05) is 47.1 Å². The SMILES string of the molecule is CC(N)C1CNC1.CCO.CO[SiH](OC)OC. The van der Waals surface area contributed by atoms with Gasteiger partial charge < -0.3 is 29.4 Å². The number of nitrogens with one attached hydrogen (secondary N) is 1. The van der Waals surface area contributed by atoms with Crippen LogP contribution < -0.4 is 11.1 Å². The Morgan fingerprint density at radius 1 is 1.29 bits per heavy atom. The molecule has 7 heteroatoms. The van der Waals surface area contributed by atoms with Crippen molar-refractivity contribution in [2.75, 3.05) is 41.0 Å². The second-order valence-corrected chi connectivity index (χ2v) is 5.58. The lowest BCUT2D eigenvalue weighted by molar-refractivity contribution is 0.163. The highest BCUT2D eigenvalue weighted by atomic mass is 28.3. The summed E-state index contributed by atoms with van der Waals surface area (Å²) in [5, 5.41) is 10.7. The zero-order chi connectivity index (χ0) is 13.7. The van der Waals surface area contributed by atoms with Gasteiger partial charge in [-0.1, -0.05) is 0 Å². The van der Waals surface area contributed by atoms with Gasteiger partial charge in [-0.25, -0.2) is 0 Å². The molecule has 17 heavy (non-hydrogen) atoms. The molecule has 1 fully saturated rings. The molecule has 4 N–H and O–H groups in total. The van der Waals surface area contributed by atoms with E-state index in [1.54, 1.807) is 28.3 Å². The summed E-state index contributed by atoms with van der Waals surface area (Å²) in [4.78, 5) is 0. The van der Waals surface area contributed by atoms with Crippen LogP contribution in [0.15, 0.2) is 0 Å². The monoisotopic (exact) mass is 268 g/mol. The predicted octanol–water partition coefficient (Wildman–Crippen LogP) is -0.806. The van der Waals surface area contributed by atoms with Crippen LogP contribution >= 0.6 is 0 Å². The highest BCUT2D eigenvalue weighted by Crippen LogP contribution is 2.04. The third kappa shape index (κ3) is 12.2. The number of aliphatic hydroxyl groups excluding tert-OH is 1. The minimum absolute atomic E-state index is 0.250. The van der Waals surface area contributed by atoms with Crippen molar-refractivity contribution in [2.24, 2.45) is 11.7 Å². The highest BCUT2D eigenvalue weighted by Gasteiger charge is 2.19. The minimum Gasteiger partial charge on any atom is -0.397 e. The first-order valence-electron chi connectivity index (χ1n) is 5.72. The van der Waals surface area contributed by atoms with Gasteiger partial charge in [0.05, 0.1) is 0 Å². The fourth-order valence-electron chi connectivity index (χ4n) is 0.971. The molecule has 0 saturated carbocycles. The van der Waals surface area contributed by atoms with Gasteiger partial charge in [0.25, 0.3) is 0 Å². The normalized spacial score (nSPS) is 16.2. The summed E-state index contributed by atoms with van der Waals surface area (Å²) in [5.41, 5.74) is 5.56. The Morgan fingerprint density at radius 3 is 1.65 bits per heavy atom. The molecule has 6 nitrogen and oxygen atoms in total. The number of hydrogen-bond donors (Lipinski definition) is 3. The maximum absolute atomic E-state index is 7.57. The van der Waals surface area contributed by atoms with Crippen LogP contribution in [0.4, 0.5) is 0 Å². The van der Waals surface area contributed by atoms with Gasteiger partial charge >= 0.3 is 9.53 Å². The van der Waals surface area contributed by atoms with Crippen LogP contribution in [0, 0.1) is 5.92 Å². The van der Waals surface area contributed by atoms with E-state index in [2.05, 4.69) is 12.2 Å². The average molecular weight is 268 g/mol. The molecule has 0 amide bonds. The van der Waals surface area contributed by atoms with Crippen LogP contribution in [0.1, 0.15) is 13.8 Å². The smallest absolute Gasteiger partial charge is 0.397 e. The van der Waals surface area contributed by atoms with E-state index >= 15 is 0 Å². The second kappa shape index (κ2) is 14.0. The molecular weight excluding hydrogens is 240 g/mol. The van der Waals surface area contributed by atoms with Crippen molar-refractivity contribution >= 4 is 9.53 Å². The van der Waals surface area contributed by atoms with Gasteiger partial charge in [-0.2, -0.15) is 0 Å². The van der Waals surface area contributed by atoms with Gasteiger partial charge in [0.15, 0.2) is 0 Å². The molecule has 1 unspecified atom stereocenters. The van der Waals surface area contributed by atoms with Crippen LogP contribution in [-0.4, -0.2) is 61.7 Å². The third-order valence-electron chi connectivity index (χ3n) is 2.13. The summed E-state index contributed by atoms with van der Waals surface area (Å²) in [6, 6.07) is 0.390. The maximum atomic E-state index is 7.57. The average Bonchev–Trinajstić information content (AvgIpc) is 2.19. The summed E-state index contributed by atoms with van der Waals surface area (Å²) in [6.07, 6.45) is 0. The van der Waals surface area contributed by atoms with Gasteiger partial charge in [-0.3, -0.25) is 0 Å². The van der Waals surface area contributed by atoms with Crippen molar-refractivity contribution in [1.82, 2.24) is 5.32 Å². The van der Waals surface area contributed by atoms with Crippen molar-refractivity contribution in [3.8, 4) is 0 Å². The molecule has 1 aliphatic rings. The number of rotatable bonds is 4. The molecule has 0 radical (unpaired) electrons. The topological polar surface area (TPSA) is 86.0 Å². The molecular formula is C10H28N2O4Si. The Hall–Kier alpha value is -0.0231. The lowest BCUT2D eigenvalue weighted by Crippen LogP contribution is -2.50. The third-order valence-corrected chi connectivity index (χ3v) is 3.29. The van der Waals surface area contributed by atoms with Crippen LogP contribution in [-0.2, 0) is 13.3 Å². The number of hydrogen-bond acceptors (Lipinski definition) is 6. The molecule has 0 aliphatic carbocycles. The molecule has 1 saturated heterocycles. The van der Waals surface area contributed by atoms with Crippen LogP contribution in [0.2, 0.25) is 0 Å². The van der Waals surface area contributed by atoms with Gasteiger partial charge in [-0.15, -0.1) is 0 Å². The molecule has 1 rings (SSSR count). The van der Waals surface area contributed by atoms with E-state index in [0.717, 1.165) is 19.0 Å². The van der Waals surface area contributed by atoms with E-state index in [1.807, 2.05) is 0 Å². The first kappa shape index (κ1) is 19.3. The lowest BCUT2D eigenvalue weighted by Gasteiger charge is -2.30. The fraction of sp³-hybridized carbons (Fsp3) is 1.00. The Kier molecular flexibility index (Phi) is 16.0.